The standard InChI is InChI=1S/C14H17N3O2/c1-17-9-15-16-14(17)8-19-11-5-6-12-10(7-11)3-2-4-13(12)18/h5-7,9,13,18H,2-4,8H2,1H3. The van der Waals surface area contributed by atoms with Gasteiger partial charge in [0.15, 0.2) is 5.82 Å². The van der Waals surface area contributed by atoms with Crippen LogP contribution in [0.15, 0.2) is 24.5 Å². The maximum absolute atomic E-state index is 9.91. The Bertz CT molecular complexity index is 580. The lowest BCUT2D eigenvalue weighted by Gasteiger charge is -2.21. The number of aryl methyl sites for hydroxylation is 2. The van der Waals surface area contributed by atoms with Crippen molar-refractivity contribution in [3.63, 3.8) is 0 Å². The molecule has 5 nitrogen and oxygen atoms in total. The molecular formula is C14H17N3O2. The summed E-state index contributed by atoms with van der Waals surface area (Å²) < 4.78 is 7.56. The topological polar surface area (TPSA) is 60.2 Å². The first-order valence-electron chi connectivity index (χ1n) is 6.50. The molecule has 0 saturated carbocycles. The first-order chi connectivity index (χ1) is 9.24. The third-order valence-corrected chi connectivity index (χ3v) is 3.57. The fourth-order valence-corrected chi connectivity index (χ4v) is 2.44. The molecule has 100 valence electrons. The summed E-state index contributed by atoms with van der Waals surface area (Å²) in [5, 5.41) is 17.7. The number of aromatic nitrogens is 3. The average Bonchev–Trinajstić information content (AvgIpc) is 2.82. The van der Waals surface area contributed by atoms with Crippen molar-refractivity contribution >= 4 is 0 Å². The molecule has 1 unspecified atom stereocenters. The smallest absolute Gasteiger partial charge is 0.170 e. The van der Waals surface area contributed by atoms with E-state index in [9.17, 15) is 5.11 Å². The van der Waals surface area contributed by atoms with Crippen molar-refractivity contribution in [1.82, 2.24) is 14.8 Å². The normalized spacial score (nSPS) is 18.1. The molecule has 5 heteroatoms. The van der Waals surface area contributed by atoms with Gasteiger partial charge in [0.1, 0.15) is 18.7 Å². The van der Waals surface area contributed by atoms with Crippen molar-refractivity contribution < 1.29 is 9.84 Å². The van der Waals surface area contributed by atoms with E-state index in [1.807, 2.05) is 29.8 Å². The van der Waals surface area contributed by atoms with Crippen LogP contribution in [0.3, 0.4) is 0 Å². The summed E-state index contributed by atoms with van der Waals surface area (Å²) in [5.41, 5.74) is 2.23. The summed E-state index contributed by atoms with van der Waals surface area (Å²) in [6, 6.07) is 5.89. The first kappa shape index (κ1) is 12.2. The van der Waals surface area contributed by atoms with Crippen molar-refractivity contribution in [3.8, 4) is 5.75 Å². The number of fused-ring (bicyclic) bond motifs is 1. The number of benzene rings is 1. The number of hydrogen-bond donors (Lipinski definition) is 1. The summed E-state index contributed by atoms with van der Waals surface area (Å²) >= 11 is 0. The van der Waals surface area contributed by atoms with E-state index in [0.29, 0.717) is 6.61 Å². The Hall–Kier alpha value is -1.88. The van der Waals surface area contributed by atoms with E-state index in [2.05, 4.69) is 10.2 Å². The van der Waals surface area contributed by atoms with E-state index in [0.717, 1.165) is 36.4 Å². The number of hydrogen-bond acceptors (Lipinski definition) is 4. The van der Waals surface area contributed by atoms with Crippen LogP contribution in [0, 0.1) is 0 Å². The minimum Gasteiger partial charge on any atom is -0.486 e. The molecule has 1 aliphatic carbocycles. The molecule has 2 aromatic rings. The van der Waals surface area contributed by atoms with Crippen molar-refractivity contribution in [2.75, 3.05) is 0 Å². The summed E-state index contributed by atoms with van der Waals surface area (Å²) in [7, 11) is 1.89. The van der Waals surface area contributed by atoms with Crippen LogP contribution in [0.5, 0.6) is 5.75 Å². The second kappa shape index (κ2) is 5.01. The minimum atomic E-state index is -0.323. The lowest BCUT2D eigenvalue weighted by molar-refractivity contribution is 0.156. The van der Waals surface area contributed by atoms with Crippen LogP contribution in [0.4, 0.5) is 0 Å². The zero-order chi connectivity index (χ0) is 13.2. The molecule has 1 atom stereocenters. The number of aliphatic hydroxyl groups excluding tert-OH is 1. The number of rotatable bonds is 3. The Balaban J connectivity index is 1.74. The predicted molar refractivity (Wildman–Crippen MR) is 69.7 cm³/mol. The van der Waals surface area contributed by atoms with Gasteiger partial charge in [-0.2, -0.15) is 0 Å². The van der Waals surface area contributed by atoms with Crippen molar-refractivity contribution in [3.05, 3.63) is 41.5 Å². The van der Waals surface area contributed by atoms with E-state index < -0.39 is 0 Å². The molecule has 0 saturated heterocycles. The molecule has 1 aromatic heterocycles. The summed E-state index contributed by atoms with van der Waals surface area (Å²) in [6.45, 7) is 0.401. The molecule has 0 amide bonds. The SMILES string of the molecule is Cn1cnnc1COc1ccc2c(c1)CCCC2O. The van der Waals surface area contributed by atoms with Gasteiger partial charge in [0, 0.05) is 7.05 Å². The van der Waals surface area contributed by atoms with Gasteiger partial charge >= 0.3 is 0 Å². The van der Waals surface area contributed by atoms with Crippen LogP contribution >= 0.6 is 0 Å². The van der Waals surface area contributed by atoms with Crippen molar-refractivity contribution in [1.29, 1.82) is 0 Å². The van der Waals surface area contributed by atoms with Gasteiger partial charge in [0.25, 0.3) is 0 Å². The van der Waals surface area contributed by atoms with Gasteiger partial charge in [-0.05, 0) is 42.5 Å². The Labute approximate surface area is 111 Å². The van der Waals surface area contributed by atoms with Crippen LogP contribution < -0.4 is 4.74 Å². The van der Waals surface area contributed by atoms with Gasteiger partial charge in [-0.15, -0.1) is 10.2 Å². The number of ether oxygens (including phenoxy) is 1. The fourth-order valence-electron chi connectivity index (χ4n) is 2.44. The second-order valence-corrected chi connectivity index (χ2v) is 4.92. The average molecular weight is 259 g/mol. The highest BCUT2D eigenvalue weighted by Crippen LogP contribution is 2.32. The van der Waals surface area contributed by atoms with E-state index >= 15 is 0 Å². The molecule has 19 heavy (non-hydrogen) atoms. The van der Waals surface area contributed by atoms with Gasteiger partial charge in [-0.1, -0.05) is 6.07 Å². The van der Waals surface area contributed by atoms with Crippen LogP contribution in [0.1, 0.15) is 35.9 Å². The predicted octanol–water partition coefficient (Wildman–Crippen LogP) is 1.76. The number of nitrogens with zero attached hydrogens (tertiary/aromatic N) is 3. The van der Waals surface area contributed by atoms with Gasteiger partial charge < -0.3 is 14.4 Å². The molecule has 0 aliphatic heterocycles. The highest BCUT2D eigenvalue weighted by Gasteiger charge is 2.18. The Morgan fingerprint density at radius 3 is 3.16 bits per heavy atom. The zero-order valence-electron chi connectivity index (χ0n) is 10.9. The largest absolute Gasteiger partial charge is 0.486 e. The third-order valence-electron chi connectivity index (χ3n) is 3.57. The summed E-state index contributed by atoms with van der Waals surface area (Å²) in [5.74, 6) is 1.61. The molecule has 1 aliphatic rings. The quantitative estimate of drug-likeness (QED) is 0.912. The second-order valence-electron chi connectivity index (χ2n) is 4.92. The lowest BCUT2D eigenvalue weighted by atomic mass is 9.89. The molecule has 0 fully saturated rings. The fraction of sp³-hybridized carbons (Fsp3) is 0.429. The maximum atomic E-state index is 9.91. The Kier molecular flexibility index (Phi) is 3.21. The minimum absolute atomic E-state index is 0.323. The first-order valence-corrected chi connectivity index (χ1v) is 6.50. The van der Waals surface area contributed by atoms with Gasteiger partial charge in [0.2, 0.25) is 0 Å². The van der Waals surface area contributed by atoms with Gasteiger partial charge in [-0.25, -0.2) is 0 Å². The van der Waals surface area contributed by atoms with Crippen LogP contribution in [0.2, 0.25) is 0 Å². The van der Waals surface area contributed by atoms with Gasteiger partial charge in [0.05, 0.1) is 6.10 Å². The number of aliphatic hydroxyl groups is 1. The monoisotopic (exact) mass is 259 g/mol. The molecule has 1 N–H and O–H groups in total. The summed E-state index contributed by atoms with van der Waals surface area (Å²) in [6.07, 6.45) is 4.22. The highest BCUT2D eigenvalue weighted by atomic mass is 16.5. The Morgan fingerprint density at radius 2 is 2.37 bits per heavy atom. The molecule has 0 spiro atoms. The molecule has 1 heterocycles. The molecule has 0 bridgehead atoms. The molecular weight excluding hydrogens is 242 g/mol. The third kappa shape index (κ3) is 2.46. The van der Waals surface area contributed by atoms with Crippen molar-refractivity contribution in [2.24, 2.45) is 7.05 Å². The molecule has 3 rings (SSSR count). The zero-order valence-corrected chi connectivity index (χ0v) is 10.9. The van der Waals surface area contributed by atoms with Crippen molar-refractivity contribution in [2.45, 2.75) is 32.0 Å². The van der Waals surface area contributed by atoms with Crippen LogP contribution in [0.25, 0.3) is 0 Å². The lowest BCUT2D eigenvalue weighted by Crippen LogP contribution is -2.09. The van der Waals surface area contributed by atoms with Gasteiger partial charge in [-0.3, -0.25) is 0 Å². The van der Waals surface area contributed by atoms with Crippen LogP contribution in [-0.4, -0.2) is 19.9 Å². The van der Waals surface area contributed by atoms with E-state index in [-0.39, 0.29) is 6.10 Å². The van der Waals surface area contributed by atoms with Crippen LogP contribution in [-0.2, 0) is 20.1 Å². The summed E-state index contributed by atoms with van der Waals surface area (Å²) in [4.78, 5) is 0. The van der Waals surface area contributed by atoms with E-state index in [4.69, 9.17) is 4.74 Å². The maximum Gasteiger partial charge on any atom is 0.170 e. The Morgan fingerprint density at radius 1 is 1.47 bits per heavy atom. The molecule has 0 radical (unpaired) electrons. The van der Waals surface area contributed by atoms with E-state index in [1.165, 1.54) is 5.56 Å². The molecule has 1 aromatic carbocycles. The van der Waals surface area contributed by atoms with E-state index in [1.54, 1.807) is 6.33 Å². The highest BCUT2D eigenvalue weighted by molar-refractivity contribution is 5.38.